The first-order chi connectivity index (χ1) is 8.66. The van der Waals surface area contributed by atoms with Crippen LogP contribution in [0.3, 0.4) is 0 Å². The number of hydrogen-bond donors (Lipinski definition) is 1. The molecule has 2 amide bonds. The highest BCUT2D eigenvalue weighted by molar-refractivity contribution is 9.10. The van der Waals surface area contributed by atoms with Crippen LogP contribution >= 0.6 is 15.9 Å². The van der Waals surface area contributed by atoms with Gasteiger partial charge in [-0.05, 0) is 17.7 Å². The molecular weight excluding hydrogens is 298 g/mol. The summed E-state index contributed by atoms with van der Waals surface area (Å²) in [5.41, 5.74) is 2.23. The number of halogens is 1. The number of aromatic nitrogens is 2. The Hall–Kier alpha value is -1.82. The van der Waals surface area contributed by atoms with Gasteiger partial charge < -0.3 is 0 Å². The lowest BCUT2D eigenvalue weighted by molar-refractivity contribution is -0.125. The molecule has 2 atom stereocenters. The lowest BCUT2D eigenvalue weighted by Crippen LogP contribution is -2.22. The molecule has 1 aromatic heterocycles. The lowest BCUT2D eigenvalue weighted by Gasteiger charge is -2.10. The standard InChI is InChI=1S/C12H8BrN3O2/c13-10-9(11(17)16-12(10)18)6-1-2-7-8(5-6)15-4-3-14-7/h1-5,9-10H,(H,16,17,18). The molecule has 2 aromatic rings. The van der Waals surface area contributed by atoms with Crippen LogP contribution in [0.1, 0.15) is 11.5 Å². The van der Waals surface area contributed by atoms with E-state index in [1.165, 1.54) is 0 Å². The molecule has 18 heavy (non-hydrogen) atoms. The number of amides is 2. The van der Waals surface area contributed by atoms with E-state index < -0.39 is 10.7 Å². The Balaban J connectivity index is 2.09. The lowest BCUT2D eigenvalue weighted by atomic mass is 9.97. The number of rotatable bonds is 1. The number of imide groups is 1. The van der Waals surface area contributed by atoms with Crippen molar-refractivity contribution in [3.63, 3.8) is 0 Å². The third-order valence-electron chi connectivity index (χ3n) is 2.92. The van der Waals surface area contributed by atoms with Gasteiger partial charge in [0.1, 0.15) is 4.83 Å². The van der Waals surface area contributed by atoms with Crippen LogP contribution in [0, 0.1) is 0 Å². The molecule has 0 saturated carbocycles. The zero-order valence-electron chi connectivity index (χ0n) is 9.13. The third-order valence-corrected chi connectivity index (χ3v) is 3.87. The van der Waals surface area contributed by atoms with Gasteiger partial charge in [-0.2, -0.15) is 0 Å². The number of nitrogens with one attached hydrogen (secondary N) is 1. The molecule has 1 saturated heterocycles. The van der Waals surface area contributed by atoms with Crippen molar-refractivity contribution in [2.75, 3.05) is 0 Å². The van der Waals surface area contributed by atoms with Crippen molar-refractivity contribution in [1.82, 2.24) is 15.3 Å². The molecule has 2 heterocycles. The van der Waals surface area contributed by atoms with Crippen LogP contribution in [-0.2, 0) is 9.59 Å². The van der Waals surface area contributed by atoms with E-state index >= 15 is 0 Å². The molecule has 1 fully saturated rings. The number of carbonyl (C=O) groups excluding carboxylic acids is 2. The molecule has 0 bridgehead atoms. The van der Waals surface area contributed by atoms with Crippen molar-refractivity contribution in [2.45, 2.75) is 10.7 Å². The summed E-state index contributed by atoms with van der Waals surface area (Å²) in [6.07, 6.45) is 3.21. The van der Waals surface area contributed by atoms with Gasteiger partial charge in [0.15, 0.2) is 0 Å². The largest absolute Gasteiger partial charge is 0.295 e. The van der Waals surface area contributed by atoms with Crippen molar-refractivity contribution in [1.29, 1.82) is 0 Å². The molecule has 2 unspecified atom stereocenters. The quantitative estimate of drug-likeness (QED) is 0.633. The zero-order chi connectivity index (χ0) is 12.7. The summed E-state index contributed by atoms with van der Waals surface area (Å²) < 4.78 is 0. The van der Waals surface area contributed by atoms with Crippen LogP contribution in [0.4, 0.5) is 0 Å². The predicted molar refractivity (Wildman–Crippen MR) is 68.1 cm³/mol. The molecule has 0 aliphatic carbocycles. The molecule has 5 nitrogen and oxygen atoms in total. The van der Waals surface area contributed by atoms with Gasteiger partial charge in [0.2, 0.25) is 11.8 Å². The molecule has 1 aliphatic heterocycles. The van der Waals surface area contributed by atoms with Gasteiger partial charge in [-0.15, -0.1) is 0 Å². The summed E-state index contributed by atoms with van der Waals surface area (Å²) in [5.74, 6) is -1.10. The first kappa shape index (κ1) is 11.3. The molecule has 1 N–H and O–H groups in total. The van der Waals surface area contributed by atoms with Gasteiger partial charge in [0.25, 0.3) is 0 Å². The van der Waals surface area contributed by atoms with Crippen molar-refractivity contribution < 1.29 is 9.59 Å². The first-order valence-electron chi connectivity index (χ1n) is 5.36. The maximum Gasteiger partial charge on any atom is 0.241 e. The number of carbonyl (C=O) groups is 2. The molecule has 0 spiro atoms. The van der Waals surface area contributed by atoms with Gasteiger partial charge in [0.05, 0.1) is 17.0 Å². The highest BCUT2D eigenvalue weighted by atomic mass is 79.9. The van der Waals surface area contributed by atoms with Gasteiger partial charge in [0, 0.05) is 12.4 Å². The van der Waals surface area contributed by atoms with Crippen molar-refractivity contribution in [3.05, 3.63) is 36.2 Å². The molecular formula is C12H8BrN3O2. The number of nitrogens with zero attached hydrogens (tertiary/aromatic N) is 2. The second-order valence-electron chi connectivity index (χ2n) is 4.04. The van der Waals surface area contributed by atoms with E-state index in [2.05, 4.69) is 31.2 Å². The number of hydrogen-bond acceptors (Lipinski definition) is 4. The summed E-state index contributed by atoms with van der Waals surface area (Å²) in [7, 11) is 0. The Morgan fingerprint density at radius 3 is 2.44 bits per heavy atom. The Morgan fingerprint density at radius 1 is 1.06 bits per heavy atom. The molecule has 1 aliphatic rings. The van der Waals surface area contributed by atoms with E-state index in [-0.39, 0.29) is 11.8 Å². The monoisotopic (exact) mass is 305 g/mol. The van der Waals surface area contributed by atoms with Crippen molar-refractivity contribution in [3.8, 4) is 0 Å². The Kier molecular flexibility index (Phi) is 2.59. The zero-order valence-corrected chi connectivity index (χ0v) is 10.7. The average Bonchev–Trinajstić information content (AvgIpc) is 2.63. The summed E-state index contributed by atoms with van der Waals surface area (Å²) >= 11 is 3.24. The summed E-state index contributed by atoms with van der Waals surface area (Å²) in [4.78, 5) is 31.0. The molecule has 1 aromatic carbocycles. The van der Waals surface area contributed by atoms with Crippen LogP contribution < -0.4 is 5.32 Å². The van der Waals surface area contributed by atoms with Crippen LogP contribution in [-0.4, -0.2) is 26.6 Å². The smallest absolute Gasteiger partial charge is 0.241 e. The minimum absolute atomic E-state index is 0.287. The van der Waals surface area contributed by atoms with E-state index in [0.29, 0.717) is 5.52 Å². The normalized spacial score (nSPS) is 23.4. The van der Waals surface area contributed by atoms with Crippen LogP contribution in [0.2, 0.25) is 0 Å². The number of fused-ring (bicyclic) bond motifs is 1. The van der Waals surface area contributed by atoms with Crippen LogP contribution in [0.25, 0.3) is 11.0 Å². The predicted octanol–water partition coefficient (Wildman–Crippen LogP) is 1.13. The first-order valence-corrected chi connectivity index (χ1v) is 6.28. The fourth-order valence-corrected chi connectivity index (χ4v) is 2.71. The number of alkyl halides is 1. The van der Waals surface area contributed by atoms with E-state index in [4.69, 9.17) is 0 Å². The maximum absolute atomic E-state index is 11.7. The minimum Gasteiger partial charge on any atom is -0.295 e. The molecule has 0 radical (unpaired) electrons. The second-order valence-corrected chi connectivity index (χ2v) is 5.02. The Bertz CT molecular complexity index is 659. The van der Waals surface area contributed by atoms with E-state index in [1.807, 2.05) is 0 Å². The second kappa shape index (κ2) is 4.13. The van der Waals surface area contributed by atoms with E-state index in [1.54, 1.807) is 30.6 Å². The Labute approximate surface area is 111 Å². The van der Waals surface area contributed by atoms with Gasteiger partial charge in [-0.25, -0.2) is 0 Å². The van der Waals surface area contributed by atoms with Crippen molar-refractivity contribution >= 4 is 38.8 Å². The number of benzene rings is 1. The van der Waals surface area contributed by atoms with E-state index in [0.717, 1.165) is 11.1 Å². The van der Waals surface area contributed by atoms with E-state index in [9.17, 15) is 9.59 Å². The SMILES string of the molecule is O=C1NC(=O)C(c2ccc3nccnc3c2)C1Br. The summed E-state index contributed by atoms with van der Waals surface area (Å²) in [6, 6.07) is 5.39. The maximum atomic E-state index is 11.7. The summed E-state index contributed by atoms with van der Waals surface area (Å²) in [6.45, 7) is 0. The average molecular weight is 306 g/mol. The van der Waals surface area contributed by atoms with Crippen molar-refractivity contribution in [2.24, 2.45) is 0 Å². The highest BCUT2D eigenvalue weighted by Crippen LogP contribution is 2.31. The third kappa shape index (κ3) is 1.69. The Morgan fingerprint density at radius 2 is 1.78 bits per heavy atom. The molecule has 6 heteroatoms. The van der Waals surface area contributed by atoms with Crippen LogP contribution in [0.15, 0.2) is 30.6 Å². The van der Waals surface area contributed by atoms with Gasteiger partial charge in [-0.3, -0.25) is 24.9 Å². The minimum atomic E-state index is -0.529. The fraction of sp³-hybridized carbons (Fsp3) is 0.167. The van der Waals surface area contributed by atoms with Gasteiger partial charge in [-0.1, -0.05) is 22.0 Å². The topological polar surface area (TPSA) is 72.0 Å². The summed E-state index contributed by atoms with van der Waals surface area (Å²) in [5, 5.41) is 2.30. The molecule has 3 rings (SSSR count). The highest BCUT2D eigenvalue weighted by Gasteiger charge is 2.40. The fourth-order valence-electron chi connectivity index (χ4n) is 2.05. The van der Waals surface area contributed by atoms with Crippen LogP contribution in [0.5, 0.6) is 0 Å². The molecule has 90 valence electrons. The van der Waals surface area contributed by atoms with Gasteiger partial charge >= 0.3 is 0 Å².